The van der Waals surface area contributed by atoms with Crippen LogP contribution in [0.25, 0.3) is 0 Å². The lowest BCUT2D eigenvalue weighted by atomic mass is 9.92. The van der Waals surface area contributed by atoms with Crippen molar-refractivity contribution in [2.45, 2.75) is 53.7 Å². The maximum Gasteiger partial charge on any atom is 0.273 e. The van der Waals surface area contributed by atoms with Crippen molar-refractivity contribution < 1.29 is 13.5 Å². The molecule has 0 saturated carbocycles. The van der Waals surface area contributed by atoms with Gasteiger partial charge in [-0.3, -0.25) is 9.36 Å². The van der Waals surface area contributed by atoms with E-state index in [1.807, 2.05) is 13.8 Å². The van der Waals surface area contributed by atoms with Crippen LogP contribution in [0, 0.1) is 17.0 Å². The lowest BCUT2D eigenvalue weighted by molar-refractivity contribution is 0.283. The zero-order valence-electron chi connectivity index (χ0n) is 16.8. The van der Waals surface area contributed by atoms with Crippen LogP contribution in [0.1, 0.15) is 52.6 Å². The number of ether oxygens (including phenoxy) is 1. The first-order valence-electron chi connectivity index (χ1n) is 9.12. The summed E-state index contributed by atoms with van der Waals surface area (Å²) in [4.78, 5) is 17.2. The smallest absolute Gasteiger partial charge is 0.273 e. The van der Waals surface area contributed by atoms with Crippen LogP contribution < -0.4 is 15.6 Å². The van der Waals surface area contributed by atoms with Gasteiger partial charge < -0.3 is 10.1 Å². The van der Waals surface area contributed by atoms with Gasteiger partial charge in [0, 0.05) is 24.2 Å². The lowest BCUT2D eigenvalue weighted by Gasteiger charge is -2.21. The Balaban J connectivity index is 2.29. The van der Waals surface area contributed by atoms with Crippen molar-refractivity contribution in [2.24, 2.45) is 5.41 Å². The second-order valence-electron chi connectivity index (χ2n) is 8.09. The first-order chi connectivity index (χ1) is 13.0. The highest BCUT2D eigenvalue weighted by atomic mass is 79.9. The average Bonchev–Trinajstić information content (AvgIpc) is 2.56. The summed E-state index contributed by atoms with van der Waals surface area (Å²) in [6.07, 6.45) is 0.883. The number of nitrogens with one attached hydrogen (secondary N) is 1. The molecule has 1 heterocycles. The number of halogens is 3. The third-order valence-electron chi connectivity index (χ3n) is 4.08. The molecule has 28 heavy (non-hydrogen) atoms. The fourth-order valence-corrected chi connectivity index (χ4v) is 2.92. The molecule has 0 fully saturated rings. The van der Waals surface area contributed by atoms with Gasteiger partial charge in [0.2, 0.25) is 11.8 Å². The molecule has 5 nitrogen and oxygen atoms in total. The highest BCUT2D eigenvalue weighted by molar-refractivity contribution is 9.10. The Morgan fingerprint density at radius 1 is 1.29 bits per heavy atom. The van der Waals surface area contributed by atoms with Crippen LogP contribution in [0.4, 0.5) is 14.7 Å². The van der Waals surface area contributed by atoms with Gasteiger partial charge >= 0.3 is 0 Å². The number of rotatable bonds is 7. The van der Waals surface area contributed by atoms with Gasteiger partial charge in [-0.2, -0.15) is 4.98 Å². The summed E-state index contributed by atoms with van der Waals surface area (Å²) >= 11 is 3.23. The van der Waals surface area contributed by atoms with E-state index >= 15 is 0 Å². The number of aromatic nitrogens is 2. The largest absolute Gasteiger partial charge is 0.472 e. The van der Waals surface area contributed by atoms with Crippen LogP contribution in [0.15, 0.2) is 27.5 Å². The minimum absolute atomic E-state index is 0.0592. The molecule has 0 aliphatic rings. The number of benzene rings is 1. The molecule has 0 unspecified atom stereocenters. The van der Waals surface area contributed by atoms with Crippen molar-refractivity contribution >= 4 is 21.9 Å². The molecule has 2 aromatic rings. The molecule has 0 amide bonds. The molecule has 0 bridgehead atoms. The van der Waals surface area contributed by atoms with Crippen molar-refractivity contribution in [3.63, 3.8) is 0 Å². The SMILES string of the molecule is CC(C)n1c(NCCC(C)(C)C)nc(OCc2ccc(F)cc2F)c(Br)c1=O. The summed E-state index contributed by atoms with van der Waals surface area (Å²) in [5.41, 5.74) is 0.00770. The highest BCUT2D eigenvalue weighted by Gasteiger charge is 2.19. The van der Waals surface area contributed by atoms with Gasteiger partial charge in [-0.05, 0) is 53.7 Å². The van der Waals surface area contributed by atoms with Crippen molar-refractivity contribution in [1.82, 2.24) is 9.55 Å². The van der Waals surface area contributed by atoms with Crippen LogP contribution in [0.3, 0.4) is 0 Å². The van der Waals surface area contributed by atoms with Gasteiger partial charge in [0.25, 0.3) is 5.56 Å². The Morgan fingerprint density at radius 2 is 1.96 bits per heavy atom. The Hall–Kier alpha value is -1.96. The minimum atomic E-state index is -0.713. The molecule has 154 valence electrons. The van der Waals surface area contributed by atoms with E-state index in [1.165, 1.54) is 10.6 Å². The zero-order chi connectivity index (χ0) is 21.1. The van der Waals surface area contributed by atoms with Gasteiger partial charge in [-0.15, -0.1) is 0 Å². The zero-order valence-corrected chi connectivity index (χ0v) is 18.4. The molecule has 8 heteroatoms. The number of hydrogen-bond donors (Lipinski definition) is 1. The standard InChI is InChI=1S/C20H26BrF2N3O2/c1-12(2)26-18(27)16(21)17(25-19(26)24-9-8-20(3,4)5)28-11-13-6-7-14(22)10-15(13)23/h6-7,10,12H,8-9,11H2,1-5H3,(H,24,25). The van der Waals surface area contributed by atoms with E-state index in [4.69, 9.17) is 4.74 Å². The van der Waals surface area contributed by atoms with Crippen molar-refractivity contribution in [1.29, 1.82) is 0 Å². The summed E-state index contributed by atoms with van der Waals surface area (Å²) < 4.78 is 34.2. The Labute approximate surface area is 172 Å². The third kappa shape index (κ3) is 5.77. The quantitative estimate of drug-likeness (QED) is 0.613. The van der Waals surface area contributed by atoms with Gasteiger partial charge in [-0.25, -0.2) is 8.78 Å². The van der Waals surface area contributed by atoms with Crippen molar-refractivity contribution in [3.05, 3.63) is 50.2 Å². The second kappa shape index (κ2) is 9.03. The maximum absolute atomic E-state index is 13.8. The van der Waals surface area contributed by atoms with Crippen LogP contribution in [0.2, 0.25) is 0 Å². The van der Waals surface area contributed by atoms with E-state index in [-0.39, 0.29) is 39.5 Å². The normalized spacial score (nSPS) is 11.8. The topological polar surface area (TPSA) is 56.1 Å². The van der Waals surface area contributed by atoms with E-state index in [2.05, 4.69) is 47.0 Å². The fourth-order valence-electron chi connectivity index (χ4n) is 2.53. The molecule has 0 radical (unpaired) electrons. The van der Waals surface area contributed by atoms with E-state index in [1.54, 1.807) is 0 Å². The van der Waals surface area contributed by atoms with Gasteiger partial charge in [0.15, 0.2) is 0 Å². The van der Waals surface area contributed by atoms with Gasteiger partial charge in [-0.1, -0.05) is 20.8 Å². The molecule has 0 aliphatic carbocycles. The molecule has 1 aromatic heterocycles. The summed E-state index contributed by atoms with van der Waals surface area (Å²) in [6, 6.07) is 3.13. The molecule has 0 aliphatic heterocycles. The molecule has 0 atom stereocenters. The molecule has 0 spiro atoms. The fraction of sp³-hybridized carbons (Fsp3) is 0.500. The summed E-state index contributed by atoms with van der Waals surface area (Å²) in [6.45, 7) is 10.6. The van der Waals surface area contributed by atoms with Crippen molar-refractivity contribution in [2.75, 3.05) is 11.9 Å². The molecular weight excluding hydrogens is 432 g/mol. The molecule has 2 rings (SSSR count). The second-order valence-corrected chi connectivity index (χ2v) is 8.88. The van der Waals surface area contributed by atoms with E-state index in [0.717, 1.165) is 18.6 Å². The van der Waals surface area contributed by atoms with Crippen LogP contribution in [0.5, 0.6) is 5.88 Å². The number of anilines is 1. The first kappa shape index (κ1) is 22.3. The van der Waals surface area contributed by atoms with Gasteiger partial charge in [0.05, 0.1) is 0 Å². The Kier molecular flexibility index (Phi) is 7.20. The van der Waals surface area contributed by atoms with E-state index in [0.29, 0.717) is 12.5 Å². The van der Waals surface area contributed by atoms with Gasteiger partial charge in [0.1, 0.15) is 22.7 Å². The average molecular weight is 458 g/mol. The first-order valence-corrected chi connectivity index (χ1v) is 9.91. The monoisotopic (exact) mass is 457 g/mol. The summed E-state index contributed by atoms with van der Waals surface area (Å²) in [7, 11) is 0. The Bertz CT molecular complexity index is 892. The Morgan fingerprint density at radius 3 is 2.54 bits per heavy atom. The summed E-state index contributed by atoms with van der Waals surface area (Å²) in [5, 5.41) is 3.20. The van der Waals surface area contributed by atoms with Crippen LogP contribution in [-0.2, 0) is 6.61 Å². The van der Waals surface area contributed by atoms with Crippen LogP contribution >= 0.6 is 15.9 Å². The highest BCUT2D eigenvalue weighted by Crippen LogP contribution is 2.25. The minimum Gasteiger partial charge on any atom is -0.472 e. The van der Waals surface area contributed by atoms with Crippen LogP contribution in [-0.4, -0.2) is 16.1 Å². The molecule has 0 saturated heterocycles. The molecule has 1 aromatic carbocycles. The summed E-state index contributed by atoms with van der Waals surface area (Å²) in [5.74, 6) is -0.925. The third-order valence-corrected chi connectivity index (χ3v) is 4.76. The maximum atomic E-state index is 13.8. The molecule has 1 N–H and O–H groups in total. The number of nitrogens with zero attached hydrogens (tertiary/aromatic N) is 2. The molecular formula is C20H26BrF2N3O2. The predicted molar refractivity (Wildman–Crippen MR) is 110 cm³/mol. The lowest BCUT2D eigenvalue weighted by Crippen LogP contribution is -2.28. The number of hydrogen-bond acceptors (Lipinski definition) is 4. The van der Waals surface area contributed by atoms with Crippen molar-refractivity contribution in [3.8, 4) is 5.88 Å². The van der Waals surface area contributed by atoms with E-state index < -0.39 is 11.6 Å². The predicted octanol–water partition coefficient (Wildman–Crippen LogP) is 5.29. The van der Waals surface area contributed by atoms with E-state index in [9.17, 15) is 13.6 Å².